The Kier molecular flexibility index (Phi) is 3.63. The van der Waals surface area contributed by atoms with E-state index in [2.05, 4.69) is 26.1 Å². The van der Waals surface area contributed by atoms with Gasteiger partial charge >= 0.3 is 0 Å². The van der Waals surface area contributed by atoms with Gasteiger partial charge in [-0.05, 0) is 34.6 Å². The number of aromatic nitrogens is 2. The maximum absolute atomic E-state index is 5.84. The van der Waals surface area contributed by atoms with Crippen molar-refractivity contribution in [1.82, 2.24) is 10.2 Å². The first kappa shape index (κ1) is 11.6. The van der Waals surface area contributed by atoms with Gasteiger partial charge in [-0.2, -0.15) is 5.10 Å². The van der Waals surface area contributed by atoms with E-state index in [1.165, 1.54) is 0 Å². The average Bonchev–Trinajstić information content (AvgIpc) is 2.63. The standard InChI is InChI=1S/C11H11BrClN3/c12-10-9(5-6-14)15-16-11(10)7-1-3-8(13)4-2-7/h1-4H,5-6,14H2,(H,15,16). The summed E-state index contributed by atoms with van der Waals surface area (Å²) in [6, 6.07) is 7.58. The van der Waals surface area contributed by atoms with E-state index in [1.54, 1.807) is 0 Å². The molecule has 1 aromatic carbocycles. The van der Waals surface area contributed by atoms with E-state index in [0.717, 1.165) is 32.9 Å². The lowest BCUT2D eigenvalue weighted by atomic mass is 10.1. The Morgan fingerprint density at radius 3 is 2.62 bits per heavy atom. The molecule has 3 nitrogen and oxygen atoms in total. The highest BCUT2D eigenvalue weighted by molar-refractivity contribution is 9.10. The third-order valence-electron chi connectivity index (χ3n) is 2.29. The molecule has 84 valence electrons. The highest BCUT2D eigenvalue weighted by Gasteiger charge is 2.11. The minimum absolute atomic E-state index is 0.598. The van der Waals surface area contributed by atoms with Crippen LogP contribution in [0.3, 0.4) is 0 Å². The zero-order valence-corrected chi connectivity index (χ0v) is 10.8. The van der Waals surface area contributed by atoms with Gasteiger partial charge in [0.2, 0.25) is 0 Å². The summed E-state index contributed by atoms with van der Waals surface area (Å²) in [5.41, 5.74) is 8.44. The van der Waals surface area contributed by atoms with E-state index < -0.39 is 0 Å². The molecule has 5 heteroatoms. The summed E-state index contributed by atoms with van der Waals surface area (Å²) in [6.45, 7) is 0.598. The Bertz CT molecular complexity index is 478. The fraction of sp³-hybridized carbons (Fsp3) is 0.182. The third kappa shape index (κ3) is 2.29. The van der Waals surface area contributed by atoms with Crippen LogP contribution >= 0.6 is 27.5 Å². The molecule has 16 heavy (non-hydrogen) atoms. The molecule has 0 atom stereocenters. The molecular formula is C11H11BrClN3. The number of nitrogens with zero attached hydrogens (tertiary/aromatic N) is 1. The number of hydrogen-bond acceptors (Lipinski definition) is 2. The number of nitrogens with two attached hydrogens (primary N) is 1. The Balaban J connectivity index is 2.37. The first-order chi connectivity index (χ1) is 7.72. The Hall–Kier alpha value is -0.840. The van der Waals surface area contributed by atoms with Crippen LogP contribution in [0, 0.1) is 0 Å². The SMILES string of the molecule is NCCc1[nH]nc(-c2ccc(Cl)cc2)c1Br. The van der Waals surface area contributed by atoms with Crippen molar-refractivity contribution in [1.29, 1.82) is 0 Å². The van der Waals surface area contributed by atoms with Crippen LogP contribution in [0.25, 0.3) is 11.3 Å². The molecule has 0 bridgehead atoms. The van der Waals surface area contributed by atoms with Crippen molar-refractivity contribution < 1.29 is 0 Å². The molecule has 2 aromatic rings. The van der Waals surface area contributed by atoms with Crippen LogP contribution in [-0.4, -0.2) is 16.7 Å². The van der Waals surface area contributed by atoms with Gasteiger partial charge in [-0.15, -0.1) is 0 Å². The minimum atomic E-state index is 0.598. The molecule has 0 spiro atoms. The number of aromatic amines is 1. The number of nitrogens with one attached hydrogen (secondary N) is 1. The van der Waals surface area contributed by atoms with Gasteiger partial charge < -0.3 is 5.73 Å². The van der Waals surface area contributed by atoms with Gasteiger partial charge in [0.1, 0.15) is 5.69 Å². The highest BCUT2D eigenvalue weighted by Crippen LogP contribution is 2.29. The normalized spacial score (nSPS) is 10.7. The van der Waals surface area contributed by atoms with E-state index in [9.17, 15) is 0 Å². The molecular weight excluding hydrogens is 289 g/mol. The van der Waals surface area contributed by atoms with Crippen molar-refractivity contribution in [3.63, 3.8) is 0 Å². The van der Waals surface area contributed by atoms with Gasteiger partial charge in [-0.25, -0.2) is 0 Å². The lowest BCUT2D eigenvalue weighted by Gasteiger charge is -1.98. The van der Waals surface area contributed by atoms with E-state index in [4.69, 9.17) is 17.3 Å². The largest absolute Gasteiger partial charge is 0.330 e. The van der Waals surface area contributed by atoms with Crippen LogP contribution in [0.5, 0.6) is 0 Å². The van der Waals surface area contributed by atoms with Crippen LogP contribution in [-0.2, 0) is 6.42 Å². The van der Waals surface area contributed by atoms with Crippen LogP contribution in [0.2, 0.25) is 5.02 Å². The molecule has 0 aliphatic carbocycles. The zero-order chi connectivity index (χ0) is 11.5. The molecule has 1 heterocycles. The smallest absolute Gasteiger partial charge is 0.107 e. The molecule has 0 saturated carbocycles. The second kappa shape index (κ2) is 4.99. The minimum Gasteiger partial charge on any atom is -0.330 e. The van der Waals surface area contributed by atoms with Crippen molar-refractivity contribution in [3.05, 3.63) is 39.5 Å². The van der Waals surface area contributed by atoms with Gasteiger partial charge in [0.15, 0.2) is 0 Å². The van der Waals surface area contributed by atoms with Gasteiger partial charge in [-0.3, -0.25) is 5.10 Å². The fourth-order valence-electron chi connectivity index (χ4n) is 1.47. The maximum Gasteiger partial charge on any atom is 0.107 e. The van der Waals surface area contributed by atoms with Crippen molar-refractivity contribution in [2.24, 2.45) is 5.73 Å². The molecule has 1 aromatic heterocycles. The lowest BCUT2D eigenvalue weighted by molar-refractivity contribution is 0.898. The fourth-order valence-corrected chi connectivity index (χ4v) is 2.20. The molecule has 2 rings (SSSR count). The number of benzene rings is 1. The molecule has 0 fully saturated rings. The molecule has 0 unspecified atom stereocenters. The van der Waals surface area contributed by atoms with E-state index in [-0.39, 0.29) is 0 Å². The van der Waals surface area contributed by atoms with Gasteiger partial charge in [-0.1, -0.05) is 23.7 Å². The van der Waals surface area contributed by atoms with Crippen LogP contribution in [0.1, 0.15) is 5.69 Å². The molecule has 3 N–H and O–H groups in total. The monoisotopic (exact) mass is 299 g/mol. The summed E-state index contributed by atoms with van der Waals surface area (Å²) >= 11 is 9.36. The number of hydrogen-bond donors (Lipinski definition) is 2. The summed E-state index contributed by atoms with van der Waals surface area (Å²) in [5, 5.41) is 7.96. The summed E-state index contributed by atoms with van der Waals surface area (Å²) in [6.07, 6.45) is 0.779. The number of rotatable bonds is 3. The average molecular weight is 301 g/mol. The first-order valence-corrected chi connectivity index (χ1v) is 6.08. The van der Waals surface area contributed by atoms with Crippen molar-refractivity contribution in [2.45, 2.75) is 6.42 Å². The van der Waals surface area contributed by atoms with Crippen molar-refractivity contribution >= 4 is 27.5 Å². The van der Waals surface area contributed by atoms with E-state index >= 15 is 0 Å². The van der Waals surface area contributed by atoms with Gasteiger partial charge in [0, 0.05) is 17.0 Å². The Morgan fingerprint density at radius 2 is 2.00 bits per heavy atom. The molecule has 0 aliphatic heterocycles. The first-order valence-electron chi connectivity index (χ1n) is 4.91. The van der Waals surface area contributed by atoms with Crippen LogP contribution < -0.4 is 5.73 Å². The van der Waals surface area contributed by atoms with E-state index in [1.807, 2.05) is 24.3 Å². The topological polar surface area (TPSA) is 54.7 Å². The van der Waals surface area contributed by atoms with Gasteiger partial charge in [0.25, 0.3) is 0 Å². The zero-order valence-electron chi connectivity index (χ0n) is 8.50. The maximum atomic E-state index is 5.84. The molecule has 0 aliphatic rings. The van der Waals surface area contributed by atoms with Crippen molar-refractivity contribution in [2.75, 3.05) is 6.54 Å². The highest BCUT2D eigenvalue weighted by atomic mass is 79.9. The summed E-state index contributed by atoms with van der Waals surface area (Å²) in [4.78, 5) is 0. The Morgan fingerprint density at radius 1 is 1.31 bits per heavy atom. The summed E-state index contributed by atoms with van der Waals surface area (Å²) < 4.78 is 0.972. The molecule has 0 radical (unpaired) electrons. The molecule has 0 amide bonds. The second-order valence-electron chi connectivity index (χ2n) is 3.41. The van der Waals surface area contributed by atoms with E-state index in [0.29, 0.717) is 6.54 Å². The number of H-pyrrole nitrogens is 1. The summed E-state index contributed by atoms with van der Waals surface area (Å²) in [7, 11) is 0. The summed E-state index contributed by atoms with van der Waals surface area (Å²) in [5.74, 6) is 0. The quantitative estimate of drug-likeness (QED) is 0.915. The lowest BCUT2D eigenvalue weighted by Crippen LogP contribution is -2.03. The van der Waals surface area contributed by atoms with Gasteiger partial charge in [0.05, 0.1) is 10.2 Å². The number of halogens is 2. The van der Waals surface area contributed by atoms with Crippen molar-refractivity contribution in [3.8, 4) is 11.3 Å². The third-order valence-corrected chi connectivity index (χ3v) is 3.39. The predicted octanol–water partition coefficient (Wildman–Crippen LogP) is 2.99. The van der Waals surface area contributed by atoms with Crippen LogP contribution in [0.15, 0.2) is 28.7 Å². The molecule has 0 saturated heterocycles. The predicted molar refractivity (Wildman–Crippen MR) is 69.5 cm³/mol. The van der Waals surface area contributed by atoms with Crippen LogP contribution in [0.4, 0.5) is 0 Å². The Labute approximate surface area is 107 Å². The second-order valence-corrected chi connectivity index (χ2v) is 4.64.